The largest absolute Gasteiger partial charge is 0.469 e. The highest BCUT2D eigenvalue weighted by molar-refractivity contribution is 5.82. The van der Waals surface area contributed by atoms with Crippen LogP contribution in [0, 0.1) is 25.7 Å². The molecule has 1 N–H and O–H groups in total. The van der Waals surface area contributed by atoms with Gasteiger partial charge in [-0.25, -0.2) is 0 Å². The van der Waals surface area contributed by atoms with Gasteiger partial charge in [0.05, 0.1) is 13.5 Å². The highest BCUT2D eigenvalue weighted by Gasteiger charge is 2.10. The van der Waals surface area contributed by atoms with Gasteiger partial charge >= 0.3 is 5.97 Å². The molecule has 0 aliphatic heterocycles. The molecule has 0 fully saturated rings. The van der Waals surface area contributed by atoms with Crippen LogP contribution in [0.5, 0.6) is 0 Å². The van der Waals surface area contributed by atoms with Gasteiger partial charge in [-0.2, -0.15) is 0 Å². The summed E-state index contributed by atoms with van der Waals surface area (Å²) in [5.74, 6) is -0.829. The van der Waals surface area contributed by atoms with E-state index in [-0.39, 0.29) is 5.78 Å². The van der Waals surface area contributed by atoms with Crippen molar-refractivity contribution in [2.75, 3.05) is 7.11 Å². The third-order valence-electron chi connectivity index (χ3n) is 1.25. The van der Waals surface area contributed by atoms with Crippen LogP contribution >= 0.6 is 0 Å². The van der Waals surface area contributed by atoms with Crippen molar-refractivity contribution in [3.8, 4) is 0 Å². The molecule has 0 heterocycles. The maximum absolute atomic E-state index is 10.5. The summed E-state index contributed by atoms with van der Waals surface area (Å²) >= 11 is 0. The Kier molecular flexibility index (Phi) is 6.14. The molecule has 0 aromatic heterocycles. The fraction of sp³-hybridized carbons (Fsp3) is 0.333. The van der Waals surface area contributed by atoms with E-state index in [1.54, 1.807) is 0 Å². The molecule has 4 radical (unpaired) electrons. The van der Waals surface area contributed by atoms with E-state index in [0.29, 0.717) is 0 Å². The first-order chi connectivity index (χ1) is 6.07. The summed E-state index contributed by atoms with van der Waals surface area (Å²) in [4.78, 5) is 21.0. The number of hydrogen-bond donors (Lipinski definition) is 1. The van der Waals surface area contributed by atoms with Gasteiger partial charge in [0.15, 0.2) is 5.78 Å². The molecule has 0 rings (SSSR count). The van der Waals surface area contributed by atoms with Crippen molar-refractivity contribution in [1.29, 1.82) is 0 Å². The van der Waals surface area contributed by atoms with Crippen LogP contribution in [0.1, 0.15) is 6.92 Å². The van der Waals surface area contributed by atoms with Crippen LogP contribution in [-0.4, -0.2) is 30.1 Å². The number of Topliss-reactive ketones (excluding diaryl/α,β-unsaturated/α-hetero) is 1. The topological polar surface area (TPSA) is 63.6 Å². The smallest absolute Gasteiger partial charge is 0.309 e. The predicted molar refractivity (Wildman–Crippen MR) is 45.9 cm³/mol. The van der Waals surface area contributed by atoms with Crippen LogP contribution in [0.15, 0.2) is 0 Å². The van der Waals surface area contributed by atoms with Crippen LogP contribution in [0.2, 0.25) is 0 Å². The van der Waals surface area contributed by atoms with Crippen LogP contribution in [0.25, 0.3) is 0 Å². The minimum absolute atomic E-state index is 0.345. The molecule has 0 amide bonds. The maximum atomic E-state index is 10.5. The van der Waals surface area contributed by atoms with Gasteiger partial charge in [-0.3, -0.25) is 9.59 Å². The average molecular weight is 184 g/mol. The number of methoxy groups -OCH3 is 1. The number of ketones is 1. The molecule has 0 saturated carbocycles. The molecule has 0 saturated heterocycles. The van der Waals surface area contributed by atoms with Gasteiger partial charge in [0.2, 0.25) is 0 Å². The van der Waals surface area contributed by atoms with Crippen LogP contribution in [0.3, 0.4) is 0 Å². The summed E-state index contributed by atoms with van der Waals surface area (Å²) in [7, 11) is 1.26. The molecule has 0 aromatic rings. The van der Waals surface area contributed by atoms with E-state index < -0.39 is 12.1 Å². The van der Waals surface area contributed by atoms with Crippen molar-refractivity contribution in [1.82, 2.24) is 0 Å². The third-order valence-corrected chi connectivity index (χ3v) is 1.25. The summed E-state index contributed by atoms with van der Waals surface area (Å²) in [5.41, 5.74) is 0. The first-order valence-electron chi connectivity index (χ1n) is 3.69. The Morgan fingerprint density at radius 3 is 2.46 bits per heavy atom. The predicted octanol–water partition coefficient (Wildman–Crippen LogP) is -0.0735. The van der Waals surface area contributed by atoms with Crippen molar-refractivity contribution in [3.05, 3.63) is 25.7 Å². The number of aliphatic hydroxyl groups excluding tert-OH is 1. The third kappa shape index (κ3) is 6.28. The van der Waals surface area contributed by atoms with Crippen LogP contribution in [-0.2, 0) is 14.3 Å². The molecule has 72 valence electrons. The summed E-state index contributed by atoms with van der Waals surface area (Å²) < 4.78 is 4.32. The first kappa shape index (κ1) is 12.1. The van der Waals surface area contributed by atoms with Gasteiger partial charge in [0.25, 0.3) is 0 Å². The van der Waals surface area contributed by atoms with Crippen molar-refractivity contribution in [2.24, 2.45) is 0 Å². The number of unbranched alkanes of at least 4 members (excludes halogenated alkanes) is 1. The Bertz CT molecular complexity index is 176. The lowest BCUT2D eigenvalue weighted by molar-refractivity contribution is -0.136. The molecule has 13 heavy (non-hydrogen) atoms. The Morgan fingerprint density at radius 1 is 1.38 bits per heavy atom. The van der Waals surface area contributed by atoms with Crippen molar-refractivity contribution in [2.45, 2.75) is 13.0 Å². The fourth-order valence-electron chi connectivity index (χ4n) is 0.507. The summed E-state index contributed by atoms with van der Waals surface area (Å²) in [6.07, 6.45) is 4.15. The molecule has 0 aromatic carbocycles. The molecule has 1 atom stereocenters. The maximum Gasteiger partial charge on any atom is 0.309 e. The number of hydrogen-bond acceptors (Lipinski definition) is 4. The van der Waals surface area contributed by atoms with Gasteiger partial charge < -0.3 is 9.84 Å². The first-order valence-corrected chi connectivity index (χ1v) is 3.69. The van der Waals surface area contributed by atoms with E-state index in [4.69, 9.17) is 5.11 Å². The molecular weight excluding hydrogens is 172 g/mol. The highest BCUT2D eigenvalue weighted by atomic mass is 16.5. The summed E-state index contributed by atoms with van der Waals surface area (Å²) in [6.45, 7) is 1.28. The molecular formula is C9H12O4. The summed E-state index contributed by atoms with van der Waals surface area (Å²) in [6, 6.07) is 0. The molecule has 0 bridgehead atoms. The van der Waals surface area contributed by atoms with Gasteiger partial charge in [0.1, 0.15) is 6.10 Å². The van der Waals surface area contributed by atoms with Gasteiger partial charge in [-0.15, -0.1) is 0 Å². The van der Waals surface area contributed by atoms with Crippen molar-refractivity contribution < 1.29 is 19.4 Å². The van der Waals surface area contributed by atoms with E-state index in [1.807, 2.05) is 0 Å². The van der Waals surface area contributed by atoms with Crippen LogP contribution < -0.4 is 0 Å². The molecule has 0 unspecified atom stereocenters. The van der Waals surface area contributed by atoms with E-state index in [9.17, 15) is 9.59 Å². The number of esters is 1. The minimum atomic E-state index is -1.11. The Labute approximate surface area is 77.9 Å². The summed E-state index contributed by atoms with van der Waals surface area (Å²) in [5, 5.41) is 8.96. The number of aliphatic hydroxyl groups is 1. The number of carbonyl (C=O) groups is 2. The number of rotatable bonds is 6. The average Bonchev–Trinajstić information content (AvgIpc) is 2.11. The lowest BCUT2D eigenvalue weighted by Crippen LogP contribution is -2.17. The van der Waals surface area contributed by atoms with E-state index >= 15 is 0 Å². The molecule has 4 nitrogen and oxygen atoms in total. The number of carbonyl (C=O) groups excluding carboxylic acids is 2. The lowest BCUT2D eigenvalue weighted by Gasteiger charge is -2.04. The molecule has 0 aliphatic rings. The Morgan fingerprint density at radius 2 is 2.00 bits per heavy atom. The zero-order valence-corrected chi connectivity index (χ0v) is 7.56. The second-order valence-corrected chi connectivity index (χ2v) is 2.32. The Balaban J connectivity index is 3.35. The van der Waals surface area contributed by atoms with Gasteiger partial charge in [0, 0.05) is 6.42 Å². The second kappa shape index (κ2) is 6.60. The molecule has 0 aliphatic carbocycles. The SMILES string of the molecule is COC(=O)[CH][CH][CH][CH][C@@H](O)C(C)=O. The minimum Gasteiger partial charge on any atom is -0.469 e. The fourth-order valence-corrected chi connectivity index (χ4v) is 0.507. The van der Waals surface area contributed by atoms with Gasteiger partial charge in [-0.05, 0) is 19.8 Å². The van der Waals surface area contributed by atoms with Crippen molar-refractivity contribution >= 4 is 11.8 Å². The highest BCUT2D eigenvalue weighted by Crippen LogP contribution is 2.00. The molecule has 4 heteroatoms. The monoisotopic (exact) mass is 184 g/mol. The van der Waals surface area contributed by atoms with Crippen molar-refractivity contribution in [3.63, 3.8) is 0 Å². The lowest BCUT2D eigenvalue weighted by atomic mass is 10.1. The van der Waals surface area contributed by atoms with Crippen LogP contribution in [0.4, 0.5) is 0 Å². The quantitative estimate of drug-likeness (QED) is 0.463. The molecule has 0 spiro atoms. The second-order valence-electron chi connectivity index (χ2n) is 2.32. The zero-order chi connectivity index (χ0) is 10.3. The standard InChI is InChI=1S/C9H12O4/c1-7(10)8(11)5-3-4-6-9(12)13-2/h3-6,8,11H,1-2H3/t8-/m1/s1. The zero-order valence-electron chi connectivity index (χ0n) is 7.56. The normalized spacial score (nSPS) is 12.2. The van der Waals surface area contributed by atoms with E-state index in [0.717, 1.165) is 0 Å². The number of ether oxygens (including phenoxy) is 1. The van der Waals surface area contributed by atoms with E-state index in [2.05, 4.69) is 4.74 Å². The Hall–Kier alpha value is -0.900. The van der Waals surface area contributed by atoms with E-state index in [1.165, 1.54) is 39.7 Å². The van der Waals surface area contributed by atoms with Gasteiger partial charge in [-0.1, -0.05) is 0 Å².